The van der Waals surface area contributed by atoms with Gasteiger partial charge in [0.15, 0.2) is 0 Å². The molecule has 0 aliphatic carbocycles. The van der Waals surface area contributed by atoms with Gasteiger partial charge >= 0.3 is 6.09 Å². The number of halogens is 1. The predicted molar refractivity (Wildman–Crippen MR) is 150 cm³/mol. The second-order valence-corrected chi connectivity index (χ2v) is 11.1. The van der Waals surface area contributed by atoms with Crippen LogP contribution in [0.4, 0.5) is 16.4 Å². The van der Waals surface area contributed by atoms with Gasteiger partial charge in [0.2, 0.25) is 5.95 Å². The maximum Gasteiger partial charge on any atom is 0.410 e. The largest absolute Gasteiger partial charge is 0.487 e. The van der Waals surface area contributed by atoms with Gasteiger partial charge in [-0.2, -0.15) is 0 Å². The third-order valence-corrected chi connectivity index (χ3v) is 6.52. The number of hydrogen-bond acceptors (Lipinski definition) is 9. The zero-order valence-corrected chi connectivity index (χ0v) is 23.6. The van der Waals surface area contributed by atoms with E-state index in [0.717, 1.165) is 28.8 Å². The third-order valence-electron chi connectivity index (χ3n) is 6.21. The van der Waals surface area contributed by atoms with E-state index in [1.807, 2.05) is 52.0 Å². The number of hydrogen-bond donors (Lipinski definition) is 1. The molecular formula is C28H31ClN8O3. The van der Waals surface area contributed by atoms with Gasteiger partial charge in [0.05, 0.1) is 11.6 Å². The fourth-order valence-electron chi connectivity index (χ4n) is 4.34. The first kappa shape index (κ1) is 27.3. The molecule has 0 fully saturated rings. The average molecular weight is 563 g/mol. The summed E-state index contributed by atoms with van der Waals surface area (Å²) in [7, 11) is 0. The Bertz CT molecular complexity index is 1470. The molecule has 1 atom stereocenters. The van der Waals surface area contributed by atoms with Crippen LogP contribution in [0, 0.1) is 0 Å². The minimum absolute atomic E-state index is 0.202. The SMILES string of the molecule is C[C@@H](Cn1cnnn1)Oc1cc(-c2cnc(Nc3ccc4c(c3)CN(C(=O)OC(C)(C)C)CC4)nc2)ccc1Cl. The van der Waals surface area contributed by atoms with Crippen LogP contribution in [0.1, 0.15) is 38.8 Å². The van der Waals surface area contributed by atoms with Crippen molar-refractivity contribution in [3.05, 3.63) is 71.3 Å². The lowest BCUT2D eigenvalue weighted by atomic mass is 9.99. The highest BCUT2D eigenvalue weighted by atomic mass is 35.5. The van der Waals surface area contributed by atoms with Crippen LogP contribution in [-0.2, 0) is 24.2 Å². The van der Waals surface area contributed by atoms with E-state index in [4.69, 9.17) is 21.1 Å². The first-order chi connectivity index (χ1) is 19.1. The molecule has 208 valence electrons. The van der Waals surface area contributed by atoms with Crippen molar-refractivity contribution in [2.24, 2.45) is 0 Å². The van der Waals surface area contributed by atoms with E-state index >= 15 is 0 Å². The van der Waals surface area contributed by atoms with Crippen molar-refractivity contribution in [1.29, 1.82) is 0 Å². The van der Waals surface area contributed by atoms with Gasteiger partial charge in [-0.05, 0) is 85.5 Å². The summed E-state index contributed by atoms with van der Waals surface area (Å²) in [5.41, 5.74) is 4.29. The summed E-state index contributed by atoms with van der Waals surface area (Å²) in [6, 6.07) is 11.7. The normalized spacial score (nSPS) is 13.9. The van der Waals surface area contributed by atoms with Crippen molar-refractivity contribution in [2.75, 3.05) is 11.9 Å². The number of benzene rings is 2. The summed E-state index contributed by atoms with van der Waals surface area (Å²) < 4.78 is 13.2. The summed E-state index contributed by atoms with van der Waals surface area (Å²) in [6.07, 6.45) is 5.31. The highest BCUT2D eigenvalue weighted by Crippen LogP contribution is 2.31. The molecule has 1 amide bonds. The molecule has 2 aromatic carbocycles. The highest BCUT2D eigenvalue weighted by Gasteiger charge is 2.26. The molecule has 0 saturated carbocycles. The van der Waals surface area contributed by atoms with Crippen LogP contribution in [0.5, 0.6) is 5.75 Å². The zero-order valence-electron chi connectivity index (χ0n) is 22.8. The lowest BCUT2D eigenvalue weighted by molar-refractivity contribution is 0.0224. The van der Waals surface area contributed by atoms with Gasteiger partial charge in [-0.3, -0.25) is 0 Å². The van der Waals surface area contributed by atoms with E-state index in [1.54, 1.807) is 28.0 Å². The predicted octanol–water partition coefficient (Wildman–Crippen LogP) is 5.29. The second-order valence-electron chi connectivity index (χ2n) is 10.7. The first-order valence-corrected chi connectivity index (χ1v) is 13.4. The van der Waals surface area contributed by atoms with Gasteiger partial charge in [0.1, 0.15) is 23.8 Å². The molecule has 3 heterocycles. The van der Waals surface area contributed by atoms with Crippen molar-refractivity contribution in [1.82, 2.24) is 35.1 Å². The van der Waals surface area contributed by atoms with Gasteiger partial charge < -0.3 is 19.7 Å². The van der Waals surface area contributed by atoms with Crippen LogP contribution in [0.2, 0.25) is 5.02 Å². The quantitative estimate of drug-likeness (QED) is 0.320. The molecular weight excluding hydrogens is 532 g/mol. The molecule has 2 aromatic heterocycles. The van der Waals surface area contributed by atoms with Crippen molar-refractivity contribution in [2.45, 2.75) is 58.9 Å². The van der Waals surface area contributed by atoms with Crippen molar-refractivity contribution in [3.63, 3.8) is 0 Å². The summed E-state index contributed by atoms with van der Waals surface area (Å²) in [6.45, 7) is 9.15. The molecule has 11 nitrogen and oxygen atoms in total. The topological polar surface area (TPSA) is 120 Å². The summed E-state index contributed by atoms with van der Waals surface area (Å²) in [4.78, 5) is 23.3. The highest BCUT2D eigenvalue weighted by molar-refractivity contribution is 6.32. The Labute approximate surface area is 237 Å². The molecule has 5 rings (SSSR count). The van der Waals surface area contributed by atoms with Crippen LogP contribution >= 0.6 is 11.6 Å². The lowest BCUT2D eigenvalue weighted by Gasteiger charge is -2.31. The summed E-state index contributed by atoms with van der Waals surface area (Å²) in [5, 5.41) is 14.9. The van der Waals surface area contributed by atoms with E-state index in [0.29, 0.717) is 36.4 Å². The second kappa shape index (κ2) is 11.5. The molecule has 0 saturated heterocycles. The molecule has 1 aliphatic rings. The molecule has 1 aliphatic heterocycles. The van der Waals surface area contributed by atoms with Gasteiger partial charge in [-0.25, -0.2) is 19.4 Å². The number of carbonyl (C=O) groups is 1. The molecule has 12 heteroatoms. The van der Waals surface area contributed by atoms with E-state index in [2.05, 4.69) is 36.9 Å². The molecule has 0 radical (unpaired) electrons. The summed E-state index contributed by atoms with van der Waals surface area (Å²) >= 11 is 6.39. The Morgan fingerprint density at radius 2 is 1.90 bits per heavy atom. The number of fused-ring (bicyclic) bond motifs is 1. The van der Waals surface area contributed by atoms with Crippen LogP contribution < -0.4 is 10.1 Å². The molecule has 0 unspecified atom stereocenters. The minimum Gasteiger partial charge on any atom is -0.487 e. The third kappa shape index (κ3) is 6.84. The summed E-state index contributed by atoms with van der Waals surface area (Å²) in [5.74, 6) is 1.01. The number of tetrazole rings is 1. The minimum atomic E-state index is -0.528. The fourth-order valence-corrected chi connectivity index (χ4v) is 4.50. The van der Waals surface area contributed by atoms with Gasteiger partial charge in [0, 0.05) is 36.7 Å². The Hall–Kier alpha value is -4.25. The van der Waals surface area contributed by atoms with E-state index < -0.39 is 5.60 Å². The maximum absolute atomic E-state index is 12.5. The number of rotatable bonds is 7. The van der Waals surface area contributed by atoms with Crippen molar-refractivity contribution in [3.8, 4) is 16.9 Å². The van der Waals surface area contributed by atoms with Gasteiger partial charge in [-0.1, -0.05) is 23.7 Å². The Kier molecular flexibility index (Phi) is 7.83. The smallest absolute Gasteiger partial charge is 0.410 e. The van der Waals surface area contributed by atoms with E-state index in [1.165, 1.54) is 11.9 Å². The molecule has 0 bridgehead atoms. The average Bonchev–Trinajstić information content (AvgIpc) is 3.42. The van der Waals surface area contributed by atoms with Crippen LogP contribution in [0.15, 0.2) is 55.1 Å². The first-order valence-electron chi connectivity index (χ1n) is 13.0. The zero-order chi connectivity index (χ0) is 28.3. The van der Waals surface area contributed by atoms with Gasteiger partial charge in [0.25, 0.3) is 0 Å². The Balaban J connectivity index is 1.24. The Morgan fingerprint density at radius 3 is 2.62 bits per heavy atom. The molecule has 0 spiro atoms. The van der Waals surface area contributed by atoms with Crippen LogP contribution in [0.25, 0.3) is 11.1 Å². The fraction of sp³-hybridized carbons (Fsp3) is 0.357. The van der Waals surface area contributed by atoms with Crippen LogP contribution in [0.3, 0.4) is 0 Å². The molecule has 1 N–H and O–H groups in total. The lowest BCUT2D eigenvalue weighted by Crippen LogP contribution is -2.39. The number of nitrogens with one attached hydrogen (secondary N) is 1. The molecule has 4 aromatic rings. The van der Waals surface area contributed by atoms with Crippen molar-refractivity contribution < 1.29 is 14.3 Å². The van der Waals surface area contributed by atoms with Gasteiger partial charge in [-0.15, -0.1) is 5.10 Å². The number of aromatic nitrogens is 6. The molecule has 40 heavy (non-hydrogen) atoms. The standard InChI is InChI=1S/C28H31ClN8O3/c1-18(15-37-17-32-34-35-37)39-25-12-20(6-8-24(25)29)22-13-30-26(31-14-22)33-23-7-5-19-9-10-36(16-21(19)11-23)27(38)40-28(2,3)4/h5-8,11-14,17-18H,9-10,15-16H2,1-4H3,(H,30,31,33)/t18-/m0/s1. The van der Waals surface area contributed by atoms with E-state index in [-0.39, 0.29) is 12.2 Å². The number of amides is 1. The number of nitrogens with zero attached hydrogens (tertiary/aromatic N) is 7. The number of carbonyl (C=O) groups excluding carboxylic acids is 1. The van der Waals surface area contributed by atoms with E-state index in [9.17, 15) is 4.79 Å². The monoisotopic (exact) mass is 562 g/mol. The maximum atomic E-state index is 12.5. The van der Waals surface area contributed by atoms with Crippen LogP contribution in [-0.4, -0.2) is 59.4 Å². The Morgan fingerprint density at radius 1 is 1.10 bits per heavy atom. The van der Waals surface area contributed by atoms with Crippen molar-refractivity contribution >= 4 is 29.3 Å². The number of ether oxygens (including phenoxy) is 2. The number of anilines is 2.